The van der Waals surface area contributed by atoms with Gasteiger partial charge in [-0.05, 0) is 42.9 Å². The highest BCUT2D eigenvalue weighted by molar-refractivity contribution is 5.63. The van der Waals surface area contributed by atoms with E-state index in [0.717, 1.165) is 32.4 Å². The first-order valence-electron chi connectivity index (χ1n) is 8.59. The molecule has 3 rings (SSSR count). The molecule has 7 nitrogen and oxygen atoms in total. The van der Waals surface area contributed by atoms with Crippen LogP contribution in [-0.4, -0.2) is 28.0 Å². The van der Waals surface area contributed by atoms with Crippen LogP contribution in [0, 0.1) is 16.0 Å². The third-order valence-corrected chi connectivity index (χ3v) is 4.58. The van der Waals surface area contributed by atoms with Crippen LogP contribution in [0.3, 0.4) is 0 Å². The van der Waals surface area contributed by atoms with Gasteiger partial charge in [-0.1, -0.05) is 26.0 Å². The Morgan fingerprint density at radius 1 is 1.24 bits per heavy atom. The van der Waals surface area contributed by atoms with E-state index in [-0.39, 0.29) is 11.6 Å². The fourth-order valence-electron chi connectivity index (χ4n) is 2.94. The fourth-order valence-corrected chi connectivity index (χ4v) is 2.94. The Hall–Kier alpha value is -2.70. The first-order valence-corrected chi connectivity index (χ1v) is 8.59. The van der Waals surface area contributed by atoms with Crippen molar-refractivity contribution >= 4 is 11.5 Å². The number of hydrogen-bond donors (Lipinski definition) is 0. The van der Waals surface area contributed by atoms with E-state index in [2.05, 4.69) is 23.8 Å². The van der Waals surface area contributed by atoms with Crippen LogP contribution in [0.2, 0.25) is 0 Å². The summed E-state index contributed by atoms with van der Waals surface area (Å²) in [5, 5.41) is 11.7. The second-order valence-electron chi connectivity index (χ2n) is 6.38. The lowest BCUT2D eigenvalue weighted by atomic mass is 9.99. The average molecular weight is 342 g/mol. The summed E-state index contributed by atoms with van der Waals surface area (Å²) in [7, 11) is 0. The maximum absolute atomic E-state index is 11.7. The fraction of sp³-hybridized carbons (Fsp3) is 0.444. The molecule has 0 bridgehead atoms. The van der Waals surface area contributed by atoms with Gasteiger partial charge in [0.25, 0.3) is 0 Å². The summed E-state index contributed by atoms with van der Waals surface area (Å²) < 4.78 is 5.70. The van der Waals surface area contributed by atoms with Crippen molar-refractivity contribution in [1.29, 1.82) is 0 Å². The Labute approximate surface area is 146 Å². The van der Waals surface area contributed by atoms with Gasteiger partial charge in [0, 0.05) is 13.1 Å². The van der Waals surface area contributed by atoms with Gasteiger partial charge >= 0.3 is 11.6 Å². The molecular formula is C18H22N4O3. The lowest BCUT2D eigenvalue weighted by molar-refractivity contribution is -0.385. The quantitative estimate of drug-likeness (QED) is 0.604. The molecule has 1 saturated heterocycles. The number of anilines is 1. The number of benzene rings is 1. The van der Waals surface area contributed by atoms with Crippen LogP contribution in [0.1, 0.15) is 32.3 Å². The summed E-state index contributed by atoms with van der Waals surface area (Å²) in [6, 6.07) is 7.48. The summed E-state index contributed by atoms with van der Waals surface area (Å²) in [4.78, 5) is 21.3. The Balaban J connectivity index is 1.90. The van der Waals surface area contributed by atoms with Crippen LogP contribution in [0.15, 0.2) is 30.6 Å². The molecule has 0 radical (unpaired) electrons. The summed E-state index contributed by atoms with van der Waals surface area (Å²) in [6.07, 6.45) is 4.24. The van der Waals surface area contributed by atoms with E-state index in [4.69, 9.17) is 4.74 Å². The molecular weight excluding hydrogens is 320 g/mol. The summed E-state index contributed by atoms with van der Waals surface area (Å²) in [6.45, 7) is 5.77. The van der Waals surface area contributed by atoms with Crippen LogP contribution in [0.5, 0.6) is 11.6 Å². The monoisotopic (exact) mass is 342 g/mol. The standard InChI is InChI=1S/C18H22N4O3/c1-3-14-4-6-15(7-5-14)25-18-16(22(23)24)17(19-12-20-18)21-10-8-13(2)9-11-21/h4-7,12-13H,3,8-11H2,1-2H3. The average Bonchev–Trinajstić information content (AvgIpc) is 2.62. The number of hydrogen-bond acceptors (Lipinski definition) is 6. The minimum Gasteiger partial charge on any atom is -0.434 e. The van der Waals surface area contributed by atoms with E-state index in [0.29, 0.717) is 17.5 Å². The molecule has 25 heavy (non-hydrogen) atoms. The van der Waals surface area contributed by atoms with Gasteiger partial charge in [-0.3, -0.25) is 10.1 Å². The second-order valence-corrected chi connectivity index (χ2v) is 6.38. The lowest BCUT2D eigenvalue weighted by Crippen LogP contribution is -2.34. The Kier molecular flexibility index (Phi) is 5.11. The van der Waals surface area contributed by atoms with Crippen LogP contribution in [0.25, 0.3) is 0 Å². The molecule has 1 fully saturated rings. The van der Waals surface area contributed by atoms with E-state index >= 15 is 0 Å². The number of aryl methyl sites for hydroxylation is 1. The molecule has 0 atom stereocenters. The van der Waals surface area contributed by atoms with Gasteiger partial charge in [0.15, 0.2) is 0 Å². The molecule has 2 aromatic rings. The van der Waals surface area contributed by atoms with Crippen LogP contribution in [-0.2, 0) is 6.42 Å². The number of ether oxygens (including phenoxy) is 1. The van der Waals surface area contributed by atoms with E-state index in [1.165, 1.54) is 11.9 Å². The summed E-state index contributed by atoms with van der Waals surface area (Å²) >= 11 is 0. The van der Waals surface area contributed by atoms with Crippen molar-refractivity contribution < 1.29 is 9.66 Å². The minimum atomic E-state index is -0.455. The highest BCUT2D eigenvalue weighted by Crippen LogP contribution is 2.37. The molecule has 132 valence electrons. The molecule has 0 amide bonds. The topological polar surface area (TPSA) is 81.4 Å². The number of rotatable bonds is 5. The largest absolute Gasteiger partial charge is 0.434 e. The second kappa shape index (κ2) is 7.46. The molecule has 1 aliphatic heterocycles. The number of nitrogens with zero attached hydrogens (tertiary/aromatic N) is 4. The minimum absolute atomic E-state index is 0.0159. The maximum Gasteiger partial charge on any atom is 0.373 e. The highest BCUT2D eigenvalue weighted by atomic mass is 16.6. The zero-order chi connectivity index (χ0) is 17.8. The van der Waals surface area contributed by atoms with Gasteiger partial charge in [-0.15, -0.1) is 0 Å². The molecule has 1 aliphatic rings. The summed E-state index contributed by atoms with van der Waals surface area (Å²) in [5.41, 5.74) is 1.00. The zero-order valence-electron chi connectivity index (χ0n) is 14.5. The Morgan fingerprint density at radius 2 is 1.92 bits per heavy atom. The molecule has 1 aromatic carbocycles. The van der Waals surface area contributed by atoms with Crippen LogP contribution >= 0.6 is 0 Å². The first-order chi connectivity index (χ1) is 12.1. The first kappa shape index (κ1) is 17.1. The lowest BCUT2D eigenvalue weighted by Gasteiger charge is -2.30. The number of nitro groups is 1. The van der Waals surface area contributed by atoms with Crippen molar-refractivity contribution in [2.75, 3.05) is 18.0 Å². The normalized spacial score (nSPS) is 15.2. The van der Waals surface area contributed by atoms with Gasteiger partial charge in [0.1, 0.15) is 12.1 Å². The van der Waals surface area contributed by atoms with Crippen molar-refractivity contribution in [2.45, 2.75) is 33.1 Å². The molecule has 0 N–H and O–H groups in total. The van der Waals surface area contributed by atoms with Crippen LogP contribution < -0.4 is 9.64 Å². The number of piperidine rings is 1. The van der Waals surface area contributed by atoms with Gasteiger partial charge in [-0.2, -0.15) is 4.98 Å². The third-order valence-electron chi connectivity index (χ3n) is 4.58. The van der Waals surface area contributed by atoms with Crippen molar-refractivity contribution in [3.05, 3.63) is 46.3 Å². The predicted molar refractivity (Wildman–Crippen MR) is 95.2 cm³/mol. The Bertz CT molecular complexity index is 740. The van der Waals surface area contributed by atoms with Crippen molar-refractivity contribution in [1.82, 2.24) is 9.97 Å². The molecule has 1 aromatic heterocycles. The molecule has 0 spiro atoms. The number of aromatic nitrogens is 2. The van der Waals surface area contributed by atoms with E-state index in [9.17, 15) is 10.1 Å². The van der Waals surface area contributed by atoms with Gasteiger partial charge in [-0.25, -0.2) is 4.98 Å². The van der Waals surface area contributed by atoms with Crippen molar-refractivity contribution in [2.24, 2.45) is 5.92 Å². The molecule has 0 unspecified atom stereocenters. The SMILES string of the molecule is CCc1ccc(Oc2ncnc(N3CCC(C)CC3)c2[N+](=O)[O-])cc1. The van der Waals surface area contributed by atoms with Crippen molar-refractivity contribution in [3.8, 4) is 11.6 Å². The smallest absolute Gasteiger partial charge is 0.373 e. The van der Waals surface area contributed by atoms with E-state index in [1.54, 1.807) is 12.1 Å². The van der Waals surface area contributed by atoms with Gasteiger partial charge < -0.3 is 9.64 Å². The zero-order valence-corrected chi connectivity index (χ0v) is 14.5. The predicted octanol–water partition coefficient (Wildman–Crippen LogP) is 3.98. The van der Waals surface area contributed by atoms with Crippen LogP contribution in [0.4, 0.5) is 11.5 Å². The van der Waals surface area contributed by atoms with Gasteiger partial charge in [0.05, 0.1) is 4.92 Å². The molecule has 2 heterocycles. The van der Waals surface area contributed by atoms with Crippen molar-refractivity contribution in [3.63, 3.8) is 0 Å². The van der Waals surface area contributed by atoms with E-state index < -0.39 is 4.92 Å². The third kappa shape index (κ3) is 3.87. The molecule has 0 saturated carbocycles. The molecule has 0 aliphatic carbocycles. The highest BCUT2D eigenvalue weighted by Gasteiger charge is 2.30. The van der Waals surface area contributed by atoms with E-state index in [1.807, 2.05) is 17.0 Å². The summed E-state index contributed by atoms with van der Waals surface area (Å²) in [5.74, 6) is 1.48. The Morgan fingerprint density at radius 3 is 2.52 bits per heavy atom. The van der Waals surface area contributed by atoms with Gasteiger partial charge in [0.2, 0.25) is 5.82 Å². The maximum atomic E-state index is 11.7. The molecule has 7 heteroatoms.